The number of ether oxygens (including phenoxy) is 1. The van der Waals surface area contributed by atoms with Crippen LogP contribution in [0.4, 0.5) is 0 Å². The smallest absolute Gasteiger partial charge is 0.329 e. The lowest BCUT2D eigenvalue weighted by Gasteiger charge is -2.00. The predicted octanol–water partition coefficient (Wildman–Crippen LogP) is -0.355. The van der Waals surface area contributed by atoms with Crippen molar-refractivity contribution < 1.29 is 14.6 Å². The van der Waals surface area contributed by atoms with Crippen LogP contribution in [0.3, 0.4) is 0 Å². The molecule has 0 aromatic rings. The van der Waals surface area contributed by atoms with E-state index >= 15 is 0 Å². The topological polar surface area (TPSA) is 61.7 Å². The van der Waals surface area contributed by atoms with E-state index in [-0.39, 0.29) is 5.71 Å². The van der Waals surface area contributed by atoms with Crippen molar-refractivity contribution in [1.29, 1.82) is 0 Å². The fraction of sp³-hybridized carbons (Fsp3) is 0.429. The molecule has 0 heterocycles. The fourth-order valence-electron chi connectivity index (χ4n) is 0.426. The first-order valence-corrected chi connectivity index (χ1v) is 3.12. The molecule has 0 fully saturated rings. The zero-order valence-electron chi connectivity index (χ0n) is 6.46. The summed E-state index contributed by atoms with van der Waals surface area (Å²) in [7, 11) is 0. The Morgan fingerprint density at radius 2 is 2.45 bits per heavy atom. The van der Waals surface area contributed by atoms with Crippen LogP contribution in [0.15, 0.2) is 10.9 Å². The van der Waals surface area contributed by atoms with Crippen LogP contribution in [0.25, 0.3) is 0 Å². The molecule has 0 N–H and O–H groups in total. The molecule has 0 radical (unpaired) electrons. The number of aliphatic imine (C=N–C) groups is 1. The molecular weight excluding hydrogens is 146 g/mol. The zero-order chi connectivity index (χ0) is 8.69. The molecule has 4 heteroatoms. The Morgan fingerprint density at radius 1 is 1.82 bits per heavy atom. The van der Waals surface area contributed by atoms with Crippen LogP contribution in [0.2, 0.25) is 0 Å². The van der Waals surface area contributed by atoms with E-state index in [2.05, 4.69) is 15.8 Å². The molecular formula is C7H9NO3. The summed E-state index contributed by atoms with van der Waals surface area (Å²) in [6.45, 7) is 3.47. The SMILES string of the molecule is CCOC([O-])=[C+]C(C)=NC=O. The van der Waals surface area contributed by atoms with E-state index < -0.39 is 5.95 Å². The van der Waals surface area contributed by atoms with Crippen molar-refractivity contribution in [2.24, 2.45) is 4.99 Å². The third-order valence-corrected chi connectivity index (χ3v) is 0.805. The van der Waals surface area contributed by atoms with Gasteiger partial charge in [-0.3, -0.25) is 4.79 Å². The van der Waals surface area contributed by atoms with Crippen LogP contribution >= 0.6 is 0 Å². The van der Waals surface area contributed by atoms with Crippen LogP contribution in [-0.4, -0.2) is 18.7 Å². The van der Waals surface area contributed by atoms with E-state index in [1.807, 2.05) is 0 Å². The van der Waals surface area contributed by atoms with Gasteiger partial charge in [0.15, 0.2) is 0 Å². The monoisotopic (exact) mass is 155 g/mol. The van der Waals surface area contributed by atoms with Crippen molar-refractivity contribution in [3.8, 4) is 0 Å². The highest BCUT2D eigenvalue weighted by molar-refractivity contribution is 5.93. The summed E-state index contributed by atoms with van der Waals surface area (Å²) in [4.78, 5) is 13.0. The molecule has 0 atom stereocenters. The van der Waals surface area contributed by atoms with E-state index in [9.17, 15) is 9.90 Å². The van der Waals surface area contributed by atoms with Gasteiger partial charge in [0.1, 0.15) is 0 Å². The lowest BCUT2D eigenvalue weighted by Crippen LogP contribution is -2.10. The first-order chi connectivity index (χ1) is 5.20. The molecule has 0 rings (SSSR count). The second kappa shape index (κ2) is 5.38. The Labute approximate surface area is 65.2 Å². The zero-order valence-corrected chi connectivity index (χ0v) is 6.46. The average molecular weight is 155 g/mol. The molecule has 0 aromatic heterocycles. The second-order valence-electron chi connectivity index (χ2n) is 1.67. The van der Waals surface area contributed by atoms with Crippen molar-refractivity contribution in [3.05, 3.63) is 12.0 Å². The van der Waals surface area contributed by atoms with Crippen LogP contribution in [0.5, 0.6) is 0 Å². The molecule has 0 aliphatic carbocycles. The van der Waals surface area contributed by atoms with Gasteiger partial charge in [0.25, 0.3) is 5.71 Å². The molecule has 0 aromatic carbocycles. The molecule has 0 aliphatic rings. The minimum Gasteiger partial charge on any atom is -0.575 e. The third-order valence-electron chi connectivity index (χ3n) is 0.805. The minimum absolute atomic E-state index is 0.221. The standard InChI is InChI=1S/C7H9NO3/c1-3-11-7(10)4-6(2)8-5-9/h5H,3H2,1-2H3. The summed E-state index contributed by atoms with van der Waals surface area (Å²) < 4.78 is 4.51. The highest BCUT2D eigenvalue weighted by Gasteiger charge is 2.03. The van der Waals surface area contributed by atoms with Crippen LogP contribution < -0.4 is 5.11 Å². The maximum Gasteiger partial charge on any atom is 0.329 e. The number of hydrogen-bond donors (Lipinski definition) is 0. The maximum atomic E-state index is 10.6. The largest absolute Gasteiger partial charge is 0.575 e. The second-order valence-corrected chi connectivity index (χ2v) is 1.67. The van der Waals surface area contributed by atoms with E-state index in [0.717, 1.165) is 0 Å². The maximum absolute atomic E-state index is 10.6. The highest BCUT2D eigenvalue weighted by Crippen LogP contribution is 1.86. The van der Waals surface area contributed by atoms with Gasteiger partial charge >= 0.3 is 12.0 Å². The number of allylic oxidation sites excluding steroid dienone is 1. The number of hydrogen-bond acceptors (Lipinski definition) is 3. The number of nitrogens with zero attached hydrogens (tertiary/aromatic N) is 1. The van der Waals surface area contributed by atoms with Crippen LogP contribution in [-0.2, 0) is 9.53 Å². The van der Waals surface area contributed by atoms with Crippen molar-refractivity contribution in [3.63, 3.8) is 0 Å². The Balaban J connectivity index is 4.06. The molecule has 11 heavy (non-hydrogen) atoms. The van der Waals surface area contributed by atoms with E-state index in [1.54, 1.807) is 6.92 Å². The predicted molar refractivity (Wildman–Crippen MR) is 37.6 cm³/mol. The molecule has 0 unspecified atom stereocenters. The number of carbonyl (C=O) groups excluding carboxylic acids is 1. The Hall–Kier alpha value is -1.41. The van der Waals surface area contributed by atoms with Gasteiger partial charge in [0.05, 0.1) is 0 Å². The Bertz CT molecular complexity index is 184. The first kappa shape index (κ1) is 9.59. The average Bonchev–Trinajstić information content (AvgIpc) is 1.87. The molecule has 4 nitrogen and oxygen atoms in total. The molecule has 0 aliphatic heterocycles. The summed E-state index contributed by atoms with van der Waals surface area (Å²) in [5.41, 5.74) is 0.221. The van der Waals surface area contributed by atoms with Gasteiger partial charge < -0.3 is 9.84 Å². The van der Waals surface area contributed by atoms with Gasteiger partial charge in [-0.05, 0) is 6.61 Å². The summed E-state index contributed by atoms with van der Waals surface area (Å²) in [5, 5.41) is 10.6. The number of carbonyl (C=O) groups is 1. The van der Waals surface area contributed by atoms with Gasteiger partial charge in [0, 0.05) is 6.92 Å². The van der Waals surface area contributed by atoms with E-state index in [4.69, 9.17) is 0 Å². The summed E-state index contributed by atoms with van der Waals surface area (Å²) >= 11 is 0. The number of amides is 1. The van der Waals surface area contributed by atoms with Gasteiger partial charge in [-0.15, -0.1) is 0 Å². The molecule has 60 valence electrons. The van der Waals surface area contributed by atoms with Crippen LogP contribution in [0, 0.1) is 6.08 Å². The minimum atomic E-state index is -0.601. The highest BCUT2D eigenvalue weighted by atomic mass is 16.6. The Morgan fingerprint density at radius 3 is 2.91 bits per heavy atom. The van der Waals surface area contributed by atoms with E-state index in [1.165, 1.54) is 6.92 Å². The Kier molecular flexibility index (Phi) is 4.69. The molecule has 0 saturated heterocycles. The van der Waals surface area contributed by atoms with Crippen molar-refractivity contribution in [2.75, 3.05) is 6.61 Å². The summed E-state index contributed by atoms with van der Waals surface area (Å²) in [6.07, 6.45) is 2.59. The van der Waals surface area contributed by atoms with Gasteiger partial charge in [-0.25, -0.2) is 0 Å². The molecule has 0 bridgehead atoms. The van der Waals surface area contributed by atoms with Crippen molar-refractivity contribution in [1.82, 2.24) is 0 Å². The van der Waals surface area contributed by atoms with Crippen molar-refractivity contribution in [2.45, 2.75) is 13.8 Å². The van der Waals surface area contributed by atoms with E-state index in [0.29, 0.717) is 13.0 Å². The first-order valence-electron chi connectivity index (χ1n) is 3.12. The van der Waals surface area contributed by atoms with Crippen molar-refractivity contribution >= 4 is 12.1 Å². The quantitative estimate of drug-likeness (QED) is 0.241. The van der Waals surface area contributed by atoms with Crippen LogP contribution in [0.1, 0.15) is 13.8 Å². The lowest BCUT2D eigenvalue weighted by molar-refractivity contribution is -0.357. The van der Waals surface area contributed by atoms with Gasteiger partial charge in [-0.2, -0.15) is 4.99 Å². The molecule has 0 spiro atoms. The fourth-order valence-corrected chi connectivity index (χ4v) is 0.426. The van der Waals surface area contributed by atoms with Gasteiger partial charge in [-0.1, -0.05) is 6.92 Å². The lowest BCUT2D eigenvalue weighted by atomic mass is 10.4. The summed E-state index contributed by atoms with van der Waals surface area (Å²) in [6, 6.07) is 0. The van der Waals surface area contributed by atoms with Gasteiger partial charge in [0.2, 0.25) is 6.41 Å². The third kappa shape index (κ3) is 5.06. The normalized spacial score (nSPS) is 12.2. The molecule has 0 saturated carbocycles. The number of rotatable bonds is 4. The molecule has 1 amide bonds. The summed E-state index contributed by atoms with van der Waals surface area (Å²) in [5.74, 6) is -0.601.